The number of nitrogens with zero attached hydrogens (tertiary/aromatic N) is 1. The Kier molecular flexibility index (Phi) is 7.29. The van der Waals surface area contributed by atoms with E-state index in [1.807, 2.05) is 43.3 Å². The fourth-order valence-corrected chi connectivity index (χ4v) is 4.16. The van der Waals surface area contributed by atoms with Crippen LogP contribution in [0, 0.1) is 5.82 Å². The van der Waals surface area contributed by atoms with Crippen molar-refractivity contribution in [3.05, 3.63) is 86.9 Å². The molecule has 4 aromatic rings. The number of imidazole rings is 1. The zero-order chi connectivity index (χ0) is 22.5. The number of hydrogen-bond donors (Lipinski definition) is 2. The van der Waals surface area contributed by atoms with E-state index in [9.17, 15) is 4.39 Å². The molecular formula is C24H22BrClFN3O2. The van der Waals surface area contributed by atoms with Crippen LogP contribution >= 0.6 is 27.5 Å². The van der Waals surface area contributed by atoms with Crippen molar-refractivity contribution in [2.45, 2.75) is 26.6 Å². The summed E-state index contributed by atoms with van der Waals surface area (Å²) >= 11 is 9.70. The third-order valence-electron chi connectivity index (χ3n) is 4.82. The second kappa shape index (κ2) is 10.3. The molecule has 2 N–H and O–H groups in total. The first-order valence-electron chi connectivity index (χ1n) is 10.2. The number of halogens is 3. The first-order valence-corrected chi connectivity index (χ1v) is 11.4. The fraction of sp³-hybridized carbons (Fsp3) is 0.208. The van der Waals surface area contributed by atoms with Gasteiger partial charge in [0.05, 0.1) is 33.7 Å². The standard InChI is InChI=1S/C24H22BrClFN3O2/c1-2-31-22-10-15(12-28-13-23-29-20-5-3-4-6-21(20)30-23)9-18(25)24(22)32-14-16-7-8-17(27)11-19(16)26/h3-11,28H,2,12-14H2,1H3,(H,29,30). The normalized spacial score (nSPS) is 11.1. The number of nitrogens with one attached hydrogen (secondary N) is 2. The molecule has 0 amide bonds. The third kappa shape index (κ3) is 5.41. The van der Waals surface area contributed by atoms with Crippen LogP contribution < -0.4 is 14.8 Å². The van der Waals surface area contributed by atoms with Crippen LogP contribution in [0.15, 0.2) is 59.1 Å². The Morgan fingerprint density at radius 1 is 1.09 bits per heavy atom. The first-order chi connectivity index (χ1) is 15.5. The Balaban J connectivity index is 1.44. The molecule has 0 saturated carbocycles. The Hall–Kier alpha value is -2.61. The van der Waals surface area contributed by atoms with Crippen molar-refractivity contribution in [3.8, 4) is 11.5 Å². The van der Waals surface area contributed by atoms with Gasteiger partial charge in [0.15, 0.2) is 11.5 Å². The van der Waals surface area contributed by atoms with E-state index in [4.69, 9.17) is 21.1 Å². The van der Waals surface area contributed by atoms with E-state index < -0.39 is 0 Å². The number of aromatic amines is 1. The number of H-pyrrole nitrogens is 1. The van der Waals surface area contributed by atoms with E-state index in [1.165, 1.54) is 12.1 Å². The quantitative estimate of drug-likeness (QED) is 0.270. The second-order valence-corrected chi connectivity index (χ2v) is 8.43. The Bertz CT molecular complexity index is 1200. The summed E-state index contributed by atoms with van der Waals surface area (Å²) in [5.41, 5.74) is 3.70. The number of benzene rings is 3. The first kappa shape index (κ1) is 22.6. The smallest absolute Gasteiger partial charge is 0.175 e. The highest BCUT2D eigenvalue weighted by Crippen LogP contribution is 2.38. The van der Waals surface area contributed by atoms with Gasteiger partial charge in [0, 0.05) is 12.1 Å². The summed E-state index contributed by atoms with van der Waals surface area (Å²) in [5, 5.41) is 3.73. The Morgan fingerprint density at radius 2 is 1.94 bits per heavy atom. The molecular weight excluding hydrogens is 497 g/mol. The number of fused-ring (bicyclic) bond motifs is 1. The summed E-state index contributed by atoms with van der Waals surface area (Å²) in [6.45, 7) is 3.84. The Morgan fingerprint density at radius 3 is 2.72 bits per heavy atom. The van der Waals surface area contributed by atoms with Gasteiger partial charge in [-0.2, -0.15) is 0 Å². The molecule has 0 atom stereocenters. The largest absolute Gasteiger partial charge is 0.490 e. The lowest BCUT2D eigenvalue weighted by atomic mass is 10.2. The van der Waals surface area contributed by atoms with Crippen molar-refractivity contribution in [2.75, 3.05) is 6.61 Å². The molecule has 1 heterocycles. The van der Waals surface area contributed by atoms with Gasteiger partial charge in [0.1, 0.15) is 18.2 Å². The summed E-state index contributed by atoms with van der Waals surface area (Å²) in [6.07, 6.45) is 0. The molecule has 4 rings (SSSR count). The maximum atomic E-state index is 13.3. The van der Waals surface area contributed by atoms with E-state index in [0.29, 0.717) is 41.8 Å². The van der Waals surface area contributed by atoms with Gasteiger partial charge in [0.2, 0.25) is 0 Å². The molecule has 0 spiro atoms. The molecule has 5 nitrogen and oxygen atoms in total. The number of para-hydroxylation sites is 2. The predicted octanol–water partition coefficient (Wildman–Crippen LogP) is 6.39. The van der Waals surface area contributed by atoms with Gasteiger partial charge < -0.3 is 19.8 Å². The van der Waals surface area contributed by atoms with Gasteiger partial charge in [0.25, 0.3) is 0 Å². The van der Waals surface area contributed by atoms with Crippen LogP contribution in [0.5, 0.6) is 11.5 Å². The molecule has 0 fully saturated rings. The molecule has 166 valence electrons. The summed E-state index contributed by atoms with van der Waals surface area (Å²) in [6, 6.07) is 16.1. The van der Waals surface area contributed by atoms with Crippen LogP contribution in [0.3, 0.4) is 0 Å². The maximum absolute atomic E-state index is 13.3. The minimum atomic E-state index is -0.380. The molecule has 3 aromatic carbocycles. The van der Waals surface area contributed by atoms with E-state index in [1.54, 1.807) is 6.07 Å². The Labute approximate surface area is 199 Å². The van der Waals surface area contributed by atoms with Crippen molar-refractivity contribution in [3.63, 3.8) is 0 Å². The number of hydrogen-bond acceptors (Lipinski definition) is 4. The van der Waals surface area contributed by atoms with Crippen LogP contribution in [0.1, 0.15) is 23.9 Å². The number of rotatable bonds is 9. The molecule has 0 saturated heterocycles. The molecule has 0 aliphatic heterocycles. The van der Waals surface area contributed by atoms with Crippen molar-refractivity contribution < 1.29 is 13.9 Å². The SMILES string of the molecule is CCOc1cc(CNCc2nc3ccccc3[nH]2)cc(Br)c1OCc1ccc(F)cc1Cl. The summed E-state index contributed by atoms with van der Waals surface area (Å²) in [4.78, 5) is 7.89. The van der Waals surface area contributed by atoms with Crippen molar-refractivity contribution in [1.29, 1.82) is 0 Å². The van der Waals surface area contributed by atoms with Gasteiger partial charge in [-0.05, 0) is 64.8 Å². The van der Waals surface area contributed by atoms with Crippen molar-refractivity contribution >= 4 is 38.6 Å². The molecule has 8 heteroatoms. The van der Waals surface area contributed by atoms with Gasteiger partial charge in [-0.25, -0.2) is 9.37 Å². The lowest BCUT2D eigenvalue weighted by molar-refractivity contribution is 0.267. The van der Waals surface area contributed by atoms with Gasteiger partial charge in [-0.3, -0.25) is 0 Å². The van der Waals surface area contributed by atoms with Crippen LogP contribution in [0.2, 0.25) is 5.02 Å². The zero-order valence-electron chi connectivity index (χ0n) is 17.4. The second-order valence-electron chi connectivity index (χ2n) is 7.17. The fourth-order valence-electron chi connectivity index (χ4n) is 3.33. The van der Waals surface area contributed by atoms with Crippen LogP contribution in [0.4, 0.5) is 4.39 Å². The van der Waals surface area contributed by atoms with E-state index >= 15 is 0 Å². The average molecular weight is 519 g/mol. The number of ether oxygens (including phenoxy) is 2. The molecule has 1 aromatic heterocycles. The maximum Gasteiger partial charge on any atom is 0.175 e. The molecule has 0 bridgehead atoms. The van der Waals surface area contributed by atoms with E-state index in [0.717, 1.165) is 26.9 Å². The average Bonchev–Trinajstić information content (AvgIpc) is 3.17. The van der Waals surface area contributed by atoms with Gasteiger partial charge in [-0.1, -0.05) is 29.8 Å². The lowest BCUT2D eigenvalue weighted by Crippen LogP contribution is -2.14. The van der Waals surface area contributed by atoms with Gasteiger partial charge >= 0.3 is 0 Å². The summed E-state index contributed by atoms with van der Waals surface area (Å²) < 4.78 is 25.8. The molecule has 0 unspecified atom stereocenters. The minimum absolute atomic E-state index is 0.196. The van der Waals surface area contributed by atoms with E-state index in [-0.39, 0.29) is 12.4 Å². The third-order valence-corrected chi connectivity index (χ3v) is 5.76. The monoisotopic (exact) mass is 517 g/mol. The highest BCUT2D eigenvalue weighted by molar-refractivity contribution is 9.10. The highest BCUT2D eigenvalue weighted by atomic mass is 79.9. The highest BCUT2D eigenvalue weighted by Gasteiger charge is 2.14. The lowest BCUT2D eigenvalue weighted by Gasteiger charge is -2.16. The molecule has 0 radical (unpaired) electrons. The van der Waals surface area contributed by atoms with Crippen LogP contribution in [-0.4, -0.2) is 16.6 Å². The van der Waals surface area contributed by atoms with Crippen molar-refractivity contribution in [2.24, 2.45) is 0 Å². The number of aromatic nitrogens is 2. The predicted molar refractivity (Wildman–Crippen MR) is 128 cm³/mol. The van der Waals surface area contributed by atoms with E-state index in [2.05, 4.69) is 31.2 Å². The van der Waals surface area contributed by atoms with Crippen LogP contribution in [0.25, 0.3) is 11.0 Å². The molecule has 0 aliphatic carbocycles. The topological polar surface area (TPSA) is 59.2 Å². The molecule has 32 heavy (non-hydrogen) atoms. The summed E-state index contributed by atoms with van der Waals surface area (Å²) in [7, 11) is 0. The van der Waals surface area contributed by atoms with Crippen LogP contribution in [-0.2, 0) is 19.7 Å². The minimum Gasteiger partial charge on any atom is -0.490 e. The van der Waals surface area contributed by atoms with Gasteiger partial charge in [-0.15, -0.1) is 0 Å². The van der Waals surface area contributed by atoms with Crippen molar-refractivity contribution in [1.82, 2.24) is 15.3 Å². The molecule has 0 aliphatic rings. The summed E-state index contributed by atoms with van der Waals surface area (Å²) in [5.74, 6) is 1.70. The zero-order valence-corrected chi connectivity index (χ0v) is 19.8.